The lowest BCUT2D eigenvalue weighted by Crippen LogP contribution is -2.34. The molecule has 1 aliphatic heterocycles. The number of methoxy groups -OCH3 is 1. The molecule has 2 amide bonds. The van der Waals surface area contributed by atoms with E-state index in [1.807, 2.05) is 12.2 Å². The maximum absolute atomic E-state index is 12.2. The van der Waals surface area contributed by atoms with E-state index in [1.165, 1.54) is 32.1 Å². The van der Waals surface area contributed by atoms with Crippen molar-refractivity contribution in [1.29, 1.82) is 0 Å². The third-order valence-corrected chi connectivity index (χ3v) is 5.14. The fourth-order valence-corrected chi connectivity index (χ4v) is 3.84. The van der Waals surface area contributed by atoms with Gasteiger partial charge in [-0.2, -0.15) is 0 Å². The number of hydrogen-bond acceptors (Lipinski definition) is 3. The van der Waals surface area contributed by atoms with Crippen LogP contribution >= 0.6 is 0 Å². The first kappa shape index (κ1) is 17.8. The Hall–Kier alpha value is -2.01. The van der Waals surface area contributed by atoms with E-state index in [2.05, 4.69) is 10.3 Å². The zero-order chi connectivity index (χ0) is 17.6. The first-order valence-corrected chi connectivity index (χ1v) is 9.17. The molecule has 5 nitrogen and oxygen atoms in total. The number of fused-ring (bicyclic) bond motifs is 1. The van der Waals surface area contributed by atoms with Gasteiger partial charge in [0.25, 0.3) is 0 Å². The number of allylic oxidation sites excluding steroid dienone is 3. The Morgan fingerprint density at radius 3 is 2.84 bits per heavy atom. The second-order valence-corrected chi connectivity index (χ2v) is 7.05. The second kappa shape index (κ2) is 8.39. The number of hydrogen-bond donors (Lipinski definition) is 1. The van der Waals surface area contributed by atoms with Crippen LogP contribution in [0.25, 0.3) is 0 Å². The summed E-state index contributed by atoms with van der Waals surface area (Å²) in [5.74, 6) is 0.444. The fourth-order valence-electron chi connectivity index (χ4n) is 3.84. The maximum atomic E-state index is 12.2. The van der Waals surface area contributed by atoms with Gasteiger partial charge in [-0.25, -0.2) is 4.99 Å². The van der Waals surface area contributed by atoms with Gasteiger partial charge in [0, 0.05) is 31.2 Å². The van der Waals surface area contributed by atoms with E-state index in [9.17, 15) is 9.59 Å². The molecule has 134 valence electrons. The molecule has 25 heavy (non-hydrogen) atoms. The molecule has 3 aliphatic rings. The molecule has 1 unspecified atom stereocenters. The molecule has 1 atom stereocenters. The van der Waals surface area contributed by atoms with Gasteiger partial charge < -0.3 is 10.1 Å². The van der Waals surface area contributed by atoms with Crippen molar-refractivity contribution in [2.45, 2.75) is 44.9 Å². The van der Waals surface area contributed by atoms with Crippen molar-refractivity contribution in [3.63, 3.8) is 0 Å². The zero-order valence-corrected chi connectivity index (χ0v) is 14.8. The number of nitrogens with one attached hydrogen (secondary N) is 1. The standard InChI is InChI=1S/C20H26N2O3/c1-25-13-15-11-20(24)22-18-12-16(8-9-17(15)18)21-19(23)10-7-14-5-3-2-4-6-14/h8-9,11-12,14,17H,2-7,10,13H2,1H3,(H,22,24). The van der Waals surface area contributed by atoms with Crippen LogP contribution in [-0.4, -0.2) is 31.2 Å². The Kier molecular flexibility index (Phi) is 5.97. The second-order valence-electron chi connectivity index (χ2n) is 7.05. The van der Waals surface area contributed by atoms with Crippen molar-refractivity contribution in [2.75, 3.05) is 13.7 Å². The van der Waals surface area contributed by atoms with Crippen molar-refractivity contribution in [3.05, 3.63) is 35.6 Å². The maximum Gasteiger partial charge on any atom is 0.248 e. The van der Waals surface area contributed by atoms with E-state index in [-0.39, 0.29) is 17.7 Å². The van der Waals surface area contributed by atoms with E-state index in [1.54, 1.807) is 19.3 Å². The van der Waals surface area contributed by atoms with Gasteiger partial charge in [-0.05, 0) is 30.1 Å². The van der Waals surface area contributed by atoms with Gasteiger partial charge in [0.1, 0.15) is 0 Å². The Balaban J connectivity index is 1.61. The van der Waals surface area contributed by atoms with Crippen LogP contribution in [0.4, 0.5) is 0 Å². The van der Waals surface area contributed by atoms with E-state index in [0.717, 1.165) is 17.7 Å². The van der Waals surface area contributed by atoms with Crippen LogP contribution in [0.1, 0.15) is 44.9 Å². The number of rotatable bonds is 5. The summed E-state index contributed by atoms with van der Waals surface area (Å²) < 4.78 is 5.17. The minimum atomic E-state index is -0.159. The van der Waals surface area contributed by atoms with E-state index >= 15 is 0 Å². The summed E-state index contributed by atoms with van der Waals surface area (Å²) in [6, 6.07) is 0. The van der Waals surface area contributed by atoms with Crippen LogP contribution in [0.15, 0.2) is 40.6 Å². The first-order valence-electron chi connectivity index (χ1n) is 9.17. The molecule has 0 radical (unpaired) electrons. The molecule has 1 N–H and O–H groups in total. The van der Waals surface area contributed by atoms with Gasteiger partial charge in [-0.3, -0.25) is 9.59 Å². The van der Waals surface area contributed by atoms with Crippen LogP contribution in [-0.2, 0) is 14.3 Å². The Morgan fingerprint density at radius 2 is 2.08 bits per heavy atom. The number of ether oxygens (including phenoxy) is 1. The Labute approximate surface area is 148 Å². The van der Waals surface area contributed by atoms with Crippen LogP contribution < -0.4 is 5.32 Å². The molecule has 1 fully saturated rings. The monoisotopic (exact) mass is 342 g/mol. The molecular formula is C20H26N2O3. The average molecular weight is 342 g/mol. The number of aliphatic imine (C=N–C) groups is 1. The highest BCUT2D eigenvalue weighted by molar-refractivity contribution is 6.11. The van der Waals surface area contributed by atoms with Gasteiger partial charge in [-0.15, -0.1) is 0 Å². The highest BCUT2D eigenvalue weighted by Gasteiger charge is 2.26. The molecule has 0 saturated heterocycles. The van der Waals surface area contributed by atoms with Gasteiger partial charge in [0.15, 0.2) is 0 Å². The van der Waals surface area contributed by atoms with E-state index in [4.69, 9.17) is 4.74 Å². The number of nitrogens with zero attached hydrogens (tertiary/aromatic N) is 1. The lowest BCUT2D eigenvalue weighted by Gasteiger charge is -2.27. The molecule has 0 aromatic rings. The van der Waals surface area contributed by atoms with Gasteiger partial charge in [0.05, 0.1) is 12.3 Å². The average Bonchev–Trinajstić information content (AvgIpc) is 2.61. The molecule has 0 aromatic carbocycles. The molecule has 1 heterocycles. The molecule has 3 rings (SSSR count). The summed E-state index contributed by atoms with van der Waals surface area (Å²) in [7, 11) is 1.61. The highest BCUT2D eigenvalue weighted by Crippen LogP contribution is 2.28. The molecule has 0 spiro atoms. The van der Waals surface area contributed by atoms with Crippen molar-refractivity contribution < 1.29 is 14.3 Å². The predicted octanol–water partition coefficient (Wildman–Crippen LogP) is 3.09. The van der Waals surface area contributed by atoms with E-state index in [0.29, 0.717) is 24.7 Å². The van der Waals surface area contributed by atoms with Crippen molar-refractivity contribution >= 4 is 17.5 Å². The normalized spacial score (nSPS) is 25.2. The van der Waals surface area contributed by atoms with Crippen molar-refractivity contribution in [1.82, 2.24) is 5.32 Å². The fraction of sp³-hybridized carbons (Fsp3) is 0.550. The lowest BCUT2D eigenvalue weighted by atomic mass is 9.86. The highest BCUT2D eigenvalue weighted by atomic mass is 16.5. The van der Waals surface area contributed by atoms with Gasteiger partial charge >= 0.3 is 0 Å². The molecule has 1 saturated carbocycles. The lowest BCUT2D eigenvalue weighted by molar-refractivity contribution is -0.118. The van der Waals surface area contributed by atoms with Crippen molar-refractivity contribution in [2.24, 2.45) is 16.8 Å². The minimum Gasteiger partial charge on any atom is -0.380 e. The van der Waals surface area contributed by atoms with E-state index < -0.39 is 0 Å². The number of amides is 2. The van der Waals surface area contributed by atoms with Gasteiger partial charge in [-0.1, -0.05) is 38.2 Å². The Morgan fingerprint density at radius 1 is 1.28 bits per heavy atom. The summed E-state index contributed by atoms with van der Waals surface area (Å²) in [5.41, 5.74) is 2.29. The first-order chi connectivity index (χ1) is 12.2. The predicted molar refractivity (Wildman–Crippen MR) is 97.1 cm³/mol. The number of carbonyl (C=O) groups excluding carboxylic acids is 2. The summed E-state index contributed by atoms with van der Waals surface area (Å²) in [6.45, 7) is 0.409. The Bertz CT molecular complexity index is 652. The molecule has 0 aromatic heterocycles. The number of carbonyl (C=O) groups is 2. The summed E-state index contributed by atoms with van der Waals surface area (Å²) in [6.07, 6.45) is 15.0. The van der Waals surface area contributed by atoms with Crippen LogP contribution in [0.5, 0.6) is 0 Å². The zero-order valence-electron chi connectivity index (χ0n) is 14.8. The largest absolute Gasteiger partial charge is 0.380 e. The SMILES string of the molecule is COCC1=CC(=O)NC2=CC(=NC(=O)CCC3CCCCC3)C=CC12. The van der Waals surface area contributed by atoms with Crippen molar-refractivity contribution in [3.8, 4) is 0 Å². The molecule has 5 heteroatoms. The third-order valence-electron chi connectivity index (χ3n) is 5.14. The minimum absolute atomic E-state index is 0.00561. The smallest absolute Gasteiger partial charge is 0.248 e. The molecular weight excluding hydrogens is 316 g/mol. The topological polar surface area (TPSA) is 67.8 Å². The summed E-state index contributed by atoms with van der Waals surface area (Å²) >= 11 is 0. The summed E-state index contributed by atoms with van der Waals surface area (Å²) in [4.78, 5) is 28.2. The van der Waals surface area contributed by atoms with Crippen LogP contribution in [0.3, 0.4) is 0 Å². The van der Waals surface area contributed by atoms with Gasteiger partial charge in [0.2, 0.25) is 11.8 Å². The molecule has 0 bridgehead atoms. The third kappa shape index (κ3) is 4.75. The van der Waals surface area contributed by atoms with Crippen LogP contribution in [0, 0.1) is 11.8 Å². The quantitative estimate of drug-likeness (QED) is 0.835. The van der Waals surface area contributed by atoms with Crippen LogP contribution in [0.2, 0.25) is 0 Å². The molecule has 2 aliphatic carbocycles. The summed E-state index contributed by atoms with van der Waals surface area (Å²) in [5, 5.41) is 2.84.